The third-order valence-corrected chi connectivity index (χ3v) is 5.81. The summed E-state index contributed by atoms with van der Waals surface area (Å²) in [6.07, 6.45) is 0. The molecule has 33 heavy (non-hydrogen) atoms. The molecular weight excluding hydrogens is 414 g/mol. The summed E-state index contributed by atoms with van der Waals surface area (Å²) in [6.45, 7) is 7.38. The Morgan fingerprint density at radius 2 is 1.12 bits per heavy atom. The third kappa shape index (κ3) is 4.05. The Bertz CT molecular complexity index is 1280. The molecule has 0 bridgehead atoms. The van der Waals surface area contributed by atoms with Gasteiger partial charge in [-0.15, -0.1) is 0 Å². The predicted molar refractivity (Wildman–Crippen MR) is 132 cm³/mol. The highest BCUT2D eigenvalue weighted by atomic mass is 16.5. The molecule has 0 fully saturated rings. The van der Waals surface area contributed by atoms with Crippen molar-refractivity contribution in [1.82, 2.24) is 0 Å². The quantitative estimate of drug-likeness (QED) is 0.303. The highest BCUT2D eigenvalue weighted by Gasteiger charge is 2.24. The number of benzene rings is 4. The van der Waals surface area contributed by atoms with Crippen molar-refractivity contribution in [3.8, 4) is 28.7 Å². The molecule has 0 radical (unpaired) electrons. The summed E-state index contributed by atoms with van der Waals surface area (Å²) in [6, 6.07) is 21.8. The van der Waals surface area contributed by atoms with E-state index in [1.54, 1.807) is 36.1 Å². The number of phenolic OH excluding ortho intramolecular Hbond substituents is 3. The first-order chi connectivity index (χ1) is 15.8. The fourth-order valence-corrected chi connectivity index (χ4v) is 3.85. The molecule has 5 heteroatoms. The number of ether oxygens (including phenoxy) is 1. The first kappa shape index (κ1) is 22.1. The molecule has 0 aliphatic heterocycles. The van der Waals surface area contributed by atoms with E-state index in [1.807, 2.05) is 69.3 Å². The number of hydrogen-bond acceptors (Lipinski definition) is 5. The van der Waals surface area contributed by atoms with Crippen molar-refractivity contribution < 1.29 is 20.1 Å². The maximum atomic E-state index is 11.0. The van der Waals surface area contributed by atoms with Crippen LogP contribution in [0, 0.1) is 27.7 Å². The fraction of sp³-hybridized carbons (Fsp3) is 0.143. The summed E-state index contributed by atoms with van der Waals surface area (Å²) in [5, 5.41) is 32.1. The van der Waals surface area contributed by atoms with Crippen LogP contribution < -0.4 is 9.64 Å². The Hall–Kier alpha value is -4.12. The van der Waals surface area contributed by atoms with Crippen molar-refractivity contribution >= 4 is 17.1 Å². The number of nitrogens with zero attached hydrogens (tertiary/aromatic N) is 1. The van der Waals surface area contributed by atoms with E-state index in [2.05, 4.69) is 0 Å². The van der Waals surface area contributed by atoms with E-state index in [0.717, 1.165) is 5.56 Å². The maximum absolute atomic E-state index is 11.0. The lowest BCUT2D eigenvalue weighted by Gasteiger charge is -2.29. The number of phenols is 3. The van der Waals surface area contributed by atoms with Gasteiger partial charge in [0.25, 0.3) is 0 Å². The van der Waals surface area contributed by atoms with Gasteiger partial charge in [-0.2, -0.15) is 0 Å². The lowest BCUT2D eigenvalue weighted by Crippen LogP contribution is -2.12. The van der Waals surface area contributed by atoms with Gasteiger partial charge in [0.05, 0.1) is 17.1 Å². The van der Waals surface area contributed by atoms with Crippen LogP contribution in [-0.2, 0) is 0 Å². The first-order valence-electron chi connectivity index (χ1n) is 10.7. The fourth-order valence-electron chi connectivity index (χ4n) is 3.85. The normalized spacial score (nSPS) is 10.8. The van der Waals surface area contributed by atoms with E-state index in [-0.39, 0.29) is 17.2 Å². The van der Waals surface area contributed by atoms with Crippen molar-refractivity contribution in [2.45, 2.75) is 27.7 Å². The maximum Gasteiger partial charge on any atom is 0.151 e. The molecule has 0 spiro atoms. The summed E-state index contributed by atoms with van der Waals surface area (Å²) < 4.78 is 6.35. The van der Waals surface area contributed by atoms with Gasteiger partial charge in [-0.1, -0.05) is 42.5 Å². The van der Waals surface area contributed by atoms with Crippen LogP contribution in [0.3, 0.4) is 0 Å². The molecule has 0 atom stereocenters. The van der Waals surface area contributed by atoms with Gasteiger partial charge in [0, 0.05) is 5.56 Å². The van der Waals surface area contributed by atoms with Crippen LogP contribution in [0.4, 0.5) is 17.1 Å². The zero-order valence-electron chi connectivity index (χ0n) is 19.1. The molecule has 4 rings (SSSR count). The smallest absolute Gasteiger partial charge is 0.151 e. The number of rotatable bonds is 5. The Morgan fingerprint density at radius 3 is 1.73 bits per heavy atom. The van der Waals surface area contributed by atoms with Crippen molar-refractivity contribution in [2.24, 2.45) is 0 Å². The molecule has 0 aliphatic carbocycles. The molecule has 4 aromatic carbocycles. The predicted octanol–water partition coefficient (Wildman–Crippen LogP) is 7.30. The second-order valence-corrected chi connectivity index (χ2v) is 8.15. The Kier molecular flexibility index (Phi) is 5.88. The van der Waals surface area contributed by atoms with E-state index >= 15 is 0 Å². The second-order valence-electron chi connectivity index (χ2n) is 8.15. The minimum Gasteiger partial charge on any atom is -0.508 e. The summed E-state index contributed by atoms with van der Waals surface area (Å²) >= 11 is 0. The molecular formula is C28H27NO4. The summed E-state index contributed by atoms with van der Waals surface area (Å²) in [7, 11) is 0. The van der Waals surface area contributed by atoms with Crippen molar-refractivity contribution in [2.75, 3.05) is 4.90 Å². The number of aromatic hydroxyl groups is 3. The van der Waals surface area contributed by atoms with E-state index in [4.69, 9.17) is 4.74 Å². The zero-order valence-corrected chi connectivity index (χ0v) is 19.1. The number of aryl methyl sites for hydroxylation is 3. The number of para-hydroxylation sites is 4. The van der Waals surface area contributed by atoms with Gasteiger partial charge in [-0.3, -0.25) is 4.90 Å². The Balaban J connectivity index is 1.96. The van der Waals surface area contributed by atoms with Crippen LogP contribution in [0.25, 0.3) is 0 Å². The lowest BCUT2D eigenvalue weighted by atomic mass is 10.1. The zero-order chi connectivity index (χ0) is 23.7. The second kappa shape index (κ2) is 8.79. The van der Waals surface area contributed by atoms with Crippen LogP contribution in [-0.4, -0.2) is 15.3 Å². The van der Waals surface area contributed by atoms with Crippen LogP contribution in [0.2, 0.25) is 0 Å². The van der Waals surface area contributed by atoms with Gasteiger partial charge in [-0.25, -0.2) is 0 Å². The van der Waals surface area contributed by atoms with Crippen molar-refractivity contribution in [1.29, 1.82) is 0 Å². The third-order valence-electron chi connectivity index (χ3n) is 5.81. The van der Waals surface area contributed by atoms with Gasteiger partial charge in [0.2, 0.25) is 0 Å². The largest absolute Gasteiger partial charge is 0.508 e. The minimum absolute atomic E-state index is 0.109. The highest BCUT2D eigenvalue weighted by Crippen LogP contribution is 2.49. The first-order valence-corrected chi connectivity index (χ1v) is 10.7. The highest BCUT2D eigenvalue weighted by molar-refractivity contribution is 5.86. The number of anilines is 3. The lowest BCUT2D eigenvalue weighted by molar-refractivity contribution is 0.446. The van der Waals surface area contributed by atoms with Crippen LogP contribution in [0.1, 0.15) is 22.3 Å². The van der Waals surface area contributed by atoms with Crippen LogP contribution in [0.5, 0.6) is 28.7 Å². The van der Waals surface area contributed by atoms with E-state index < -0.39 is 0 Å². The Morgan fingerprint density at radius 1 is 0.576 bits per heavy atom. The van der Waals surface area contributed by atoms with Crippen LogP contribution >= 0.6 is 0 Å². The van der Waals surface area contributed by atoms with E-state index in [9.17, 15) is 15.3 Å². The average molecular weight is 442 g/mol. The standard InChI is InChI=1S/C28H27NO4/c1-17-9-7-12-22(26(17)31)29(23-13-8-10-18(2)27(23)32)21-11-5-6-14-25(21)33-28-19(3)15-16-24(30)20(28)4/h5-16,30-32H,1-4H3. The van der Waals surface area contributed by atoms with E-state index in [0.29, 0.717) is 45.3 Å². The van der Waals surface area contributed by atoms with Crippen molar-refractivity contribution in [3.05, 3.63) is 95.1 Å². The SMILES string of the molecule is Cc1cccc(N(c2ccccc2Oc2c(C)ccc(O)c2C)c2cccc(C)c2O)c1O. The molecule has 0 heterocycles. The van der Waals surface area contributed by atoms with Gasteiger partial charge >= 0.3 is 0 Å². The molecule has 0 amide bonds. The average Bonchev–Trinajstić information content (AvgIpc) is 2.80. The molecule has 168 valence electrons. The van der Waals surface area contributed by atoms with Gasteiger partial charge < -0.3 is 20.1 Å². The summed E-state index contributed by atoms with van der Waals surface area (Å²) in [5.74, 6) is 1.44. The molecule has 0 saturated carbocycles. The number of hydrogen-bond donors (Lipinski definition) is 3. The minimum atomic E-state index is 0.109. The topological polar surface area (TPSA) is 73.2 Å². The molecule has 4 aromatic rings. The van der Waals surface area contributed by atoms with E-state index in [1.165, 1.54) is 0 Å². The monoisotopic (exact) mass is 441 g/mol. The molecule has 0 unspecified atom stereocenters. The van der Waals surface area contributed by atoms with Gasteiger partial charge in [0.1, 0.15) is 23.0 Å². The van der Waals surface area contributed by atoms with Gasteiger partial charge in [0.15, 0.2) is 5.75 Å². The summed E-state index contributed by atoms with van der Waals surface area (Å²) in [5.41, 5.74) is 4.58. The molecule has 0 aliphatic rings. The van der Waals surface area contributed by atoms with Crippen LogP contribution in [0.15, 0.2) is 72.8 Å². The molecule has 5 nitrogen and oxygen atoms in total. The molecule has 0 aromatic heterocycles. The molecule has 0 saturated heterocycles. The summed E-state index contributed by atoms with van der Waals surface area (Å²) in [4.78, 5) is 1.79. The van der Waals surface area contributed by atoms with Gasteiger partial charge in [-0.05, 0) is 74.7 Å². The van der Waals surface area contributed by atoms with Crippen molar-refractivity contribution in [3.63, 3.8) is 0 Å². The Labute approximate surface area is 193 Å². The molecule has 3 N–H and O–H groups in total.